The normalized spacial score (nSPS) is 10.6. The van der Waals surface area contributed by atoms with Gasteiger partial charge in [0.05, 0.1) is 12.3 Å². The van der Waals surface area contributed by atoms with Crippen LogP contribution in [-0.2, 0) is 4.74 Å². The molecule has 0 bridgehead atoms. The van der Waals surface area contributed by atoms with Crippen LogP contribution in [0.2, 0.25) is 0 Å². The van der Waals surface area contributed by atoms with E-state index in [1.54, 1.807) is 6.92 Å². The molecule has 2 aromatic rings. The van der Waals surface area contributed by atoms with Crippen molar-refractivity contribution in [3.8, 4) is 0 Å². The number of aryl methyl sites for hydroxylation is 1. The number of hydrogen-bond acceptors (Lipinski definition) is 4. The van der Waals surface area contributed by atoms with Gasteiger partial charge < -0.3 is 10.5 Å². The van der Waals surface area contributed by atoms with Crippen molar-refractivity contribution in [1.29, 1.82) is 0 Å². The first-order valence-electron chi connectivity index (χ1n) is 5.09. The minimum Gasteiger partial charge on any atom is -0.462 e. The zero-order valence-electron chi connectivity index (χ0n) is 9.24. The van der Waals surface area contributed by atoms with Gasteiger partial charge in [-0.2, -0.15) is 0 Å². The standard InChI is InChI=1S/C12H13NO2S/c1-3-15-12(14)11-9(13)8-6-4-5-7(2)10(8)16-11/h4-6H,3,13H2,1-2H3. The first kappa shape index (κ1) is 11.0. The van der Waals surface area contributed by atoms with Crippen LogP contribution in [0.3, 0.4) is 0 Å². The molecule has 0 aliphatic rings. The van der Waals surface area contributed by atoms with Gasteiger partial charge in [-0.05, 0) is 19.4 Å². The first-order chi connectivity index (χ1) is 7.65. The number of carbonyl (C=O) groups is 1. The quantitative estimate of drug-likeness (QED) is 0.814. The molecule has 1 aromatic heterocycles. The maximum absolute atomic E-state index is 11.7. The van der Waals surface area contributed by atoms with Gasteiger partial charge in [-0.3, -0.25) is 0 Å². The third-order valence-corrected chi connectivity index (χ3v) is 3.75. The summed E-state index contributed by atoms with van der Waals surface area (Å²) in [5.74, 6) is -0.333. The van der Waals surface area contributed by atoms with Crippen LogP contribution in [0.5, 0.6) is 0 Å². The minimum absolute atomic E-state index is 0.333. The molecule has 3 nitrogen and oxygen atoms in total. The molecule has 0 aliphatic heterocycles. The van der Waals surface area contributed by atoms with E-state index in [2.05, 4.69) is 0 Å². The van der Waals surface area contributed by atoms with E-state index < -0.39 is 0 Å². The summed E-state index contributed by atoms with van der Waals surface area (Å²) in [6.45, 7) is 4.16. The highest BCUT2D eigenvalue weighted by molar-refractivity contribution is 7.21. The predicted molar refractivity (Wildman–Crippen MR) is 66.9 cm³/mol. The summed E-state index contributed by atoms with van der Waals surface area (Å²) < 4.78 is 6.03. The summed E-state index contributed by atoms with van der Waals surface area (Å²) in [5, 5.41) is 0.938. The van der Waals surface area contributed by atoms with Crippen LogP contribution in [-0.4, -0.2) is 12.6 Å². The van der Waals surface area contributed by atoms with Gasteiger partial charge in [-0.15, -0.1) is 11.3 Å². The Kier molecular flexibility index (Phi) is 2.83. The molecule has 84 valence electrons. The molecule has 2 rings (SSSR count). The van der Waals surface area contributed by atoms with Crippen molar-refractivity contribution >= 4 is 33.1 Å². The molecule has 1 aromatic carbocycles. The molecule has 1 heterocycles. The van der Waals surface area contributed by atoms with Gasteiger partial charge in [0.15, 0.2) is 0 Å². The van der Waals surface area contributed by atoms with Gasteiger partial charge in [-0.25, -0.2) is 4.79 Å². The highest BCUT2D eigenvalue weighted by atomic mass is 32.1. The maximum atomic E-state index is 11.7. The average Bonchev–Trinajstić information content (AvgIpc) is 2.59. The monoisotopic (exact) mass is 235 g/mol. The number of rotatable bonds is 2. The number of nitrogens with two attached hydrogens (primary N) is 1. The van der Waals surface area contributed by atoms with E-state index in [0.29, 0.717) is 17.2 Å². The van der Waals surface area contributed by atoms with Gasteiger partial charge in [-0.1, -0.05) is 18.2 Å². The Hall–Kier alpha value is -1.55. The molecule has 2 N–H and O–H groups in total. The Bertz CT molecular complexity index is 545. The van der Waals surface area contributed by atoms with Gasteiger partial charge in [0, 0.05) is 10.1 Å². The number of thiophene rings is 1. The van der Waals surface area contributed by atoms with Gasteiger partial charge >= 0.3 is 5.97 Å². The van der Waals surface area contributed by atoms with Crippen LogP contribution in [0.15, 0.2) is 18.2 Å². The van der Waals surface area contributed by atoms with E-state index in [0.717, 1.165) is 15.6 Å². The molecule has 0 saturated carbocycles. The van der Waals surface area contributed by atoms with E-state index in [-0.39, 0.29) is 5.97 Å². The zero-order chi connectivity index (χ0) is 11.7. The van der Waals surface area contributed by atoms with Crippen LogP contribution in [0, 0.1) is 6.92 Å². The largest absolute Gasteiger partial charge is 0.462 e. The van der Waals surface area contributed by atoms with E-state index in [1.807, 2.05) is 25.1 Å². The van der Waals surface area contributed by atoms with Crippen molar-refractivity contribution in [1.82, 2.24) is 0 Å². The summed E-state index contributed by atoms with van der Waals surface area (Å²) in [7, 11) is 0. The lowest BCUT2D eigenvalue weighted by molar-refractivity contribution is 0.0533. The van der Waals surface area contributed by atoms with E-state index in [4.69, 9.17) is 10.5 Å². The number of benzene rings is 1. The third-order valence-electron chi connectivity index (χ3n) is 2.41. The number of carbonyl (C=O) groups excluding carboxylic acids is 1. The second-order valence-corrected chi connectivity index (χ2v) is 4.54. The second kappa shape index (κ2) is 4.14. The minimum atomic E-state index is -0.333. The lowest BCUT2D eigenvalue weighted by Gasteiger charge is -1.98. The fourth-order valence-corrected chi connectivity index (χ4v) is 2.71. The number of fused-ring (bicyclic) bond motifs is 1. The Morgan fingerprint density at radius 1 is 1.50 bits per heavy atom. The number of anilines is 1. The van der Waals surface area contributed by atoms with E-state index >= 15 is 0 Å². The topological polar surface area (TPSA) is 52.3 Å². The van der Waals surface area contributed by atoms with E-state index in [1.165, 1.54) is 11.3 Å². The fraction of sp³-hybridized carbons (Fsp3) is 0.250. The van der Waals surface area contributed by atoms with Crippen LogP contribution in [0.25, 0.3) is 10.1 Å². The Morgan fingerprint density at radius 3 is 2.88 bits per heavy atom. The molecule has 0 aliphatic carbocycles. The van der Waals surface area contributed by atoms with Gasteiger partial charge in [0.2, 0.25) is 0 Å². The van der Waals surface area contributed by atoms with Crippen molar-refractivity contribution in [2.45, 2.75) is 13.8 Å². The number of ether oxygens (including phenoxy) is 1. The molecule has 16 heavy (non-hydrogen) atoms. The lowest BCUT2D eigenvalue weighted by atomic mass is 10.1. The molecular formula is C12H13NO2S. The van der Waals surface area contributed by atoms with Crippen molar-refractivity contribution in [2.75, 3.05) is 12.3 Å². The number of nitrogen functional groups attached to an aromatic ring is 1. The van der Waals surface area contributed by atoms with Crippen LogP contribution < -0.4 is 5.73 Å². The molecule has 0 saturated heterocycles. The maximum Gasteiger partial charge on any atom is 0.350 e. The fourth-order valence-electron chi connectivity index (χ4n) is 1.63. The van der Waals surface area contributed by atoms with Gasteiger partial charge in [0.25, 0.3) is 0 Å². The molecular weight excluding hydrogens is 222 g/mol. The second-order valence-electron chi connectivity index (χ2n) is 3.52. The van der Waals surface area contributed by atoms with Crippen molar-refractivity contribution in [3.05, 3.63) is 28.6 Å². The molecule has 0 amide bonds. The third kappa shape index (κ3) is 1.65. The molecule has 0 unspecified atom stereocenters. The average molecular weight is 235 g/mol. The molecule has 0 atom stereocenters. The smallest absolute Gasteiger partial charge is 0.350 e. The lowest BCUT2D eigenvalue weighted by Crippen LogP contribution is -2.04. The number of esters is 1. The van der Waals surface area contributed by atoms with Crippen LogP contribution in [0.4, 0.5) is 5.69 Å². The van der Waals surface area contributed by atoms with Gasteiger partial charge in [0.1, 0.15) is 4.88 Å². The Morgan fingerprint density at radius 2 is 2.25 bits per heavy atom. The summed E-state index contributed by atoms with van der Waals surface area (Å²) >= 11 is 1.40. The molecule has 4 heteroatoms. The summed E-state index contributed by atoms with van der Waals surface area (Å²) in [6, 6.07) is 5.87. The predicted octanol–water partition coefficient (Wildman–Crippen LogP) is 2.97. The molecule has 0 fully saturated rings. The van der Waals surface area contributed by atoms with Crippen molar-refractivity contribution in [3.63, 3.8) is 0 Å². The van der Waals surface area contributed by atoms with E-state index in [9.17, 15) is 4.79 Å². The van der Waals surface area contributed by atoms with Crippen molar-refractivity contribution < 1.29 is 9.53 Å². The van der Waals surface area contributed by atoms with Crippen LogP contribution in [0.1, 0.15) is 22.2 Å². The Balaban J connectivity index is 2.60. The SMILES string of the molecule is CCOC(=O)c1sc2c(C)cccc2c1N. The van der Waals surface area contributed by atoms with Crippen molar-refractivity contribution in [2.24, 2.45) is 0 Å². The zero-order valence-corrected chi connectivity index (χ0v) is 10.1. The molecule has 0 radical (unpaired) electrons. The first-order valence-corrected chi connectivity index (χ1v) is 5.91. The summed E-state index contributed by atoms with van der Waals surface area (Å²) in [4.78, 5) is 12.2. The molecule has 0 spiro atoms. The highest BCUT2D eigenvalue weighted by Crippen LogP contribution is 2.35. The summed E-state index contributed by atoms with van der Waals surface area (Å²) in [6.07, 6.45) is 0. The Labute approximate surface area is 97.8 Å². The van der Waals surface area contributed by atoms with Crippen LogP contribution >= 0.6 is 11.3 Å². The highest BCUT2D eigenvalue weighted by Gasteiger charge is 2.17. The summed E-state index contributed by atoms with van der Waals surface area (Å²) in [5.41, 5.74) is 7.61. The number of hydrogen-bond donors (Lipinski definition) is 1.